The fourth-order valence-electron chi connectivity index (χ4n) is 12.7. The Balaban J connectivity index is -0.0000000799. The van der Waals surface area contributed by atoms with E-state index in [0.29, 0.717) is 123 Å². The van der Waals surface area contributed by atoms with Crippen molar-refractivity contribution in [2.24, 2.45) is 117 Å². The van der Waals surface area contributed by atoms with E-state index in [4.69, 9.17) is 171 Å². The number of halogens is 8. The fraction of sp³-hybridized carbons (Fsp3) is 0.753. The number of nitriles is 1. The third kappa shape index (κ3) is 134. The average molecular weight is 2340 g/mol. The molecule has 3 radical (unpaired) electrons. The summed E-state index contributed by atoms with van der Waals surface area (Å²) < 4.78 is 26.9. The van der Waals surface area contributed by atoms with Crippen molar-refractivity contribution in [3.63, 3.8) is 0 Å². The Morgan fingerprint density at radius 1 is 0.553 bits per heavy atom. The number of carbonyl (C=O) groups excluding carboxylic acids is 2. The van der Waals surface area contributed by atoms with Crippen LogP contribution >= 0.6 is 120 Å². The second-order valence-corrected chi connectivity index (χ2v) is 39.0. The van der Waals surface area contributed by atoms with E-state index in [0.717, 1.165) is 82.5 Å². The number of amidine groups is 1. The number of hydrogen-bond donors (Lipinski definition) is 23. The van der Waals surface area contributed by atoms with Crippen LogP contribution in [0.2, 0.25) is 50.0 Å². The largest absolute Gasteiger partial charge is 0.282 e. The molecule has 5 heterocycles. The van der Waals surface area contributed by atoms with Crippen LogP contribution in [0.25, 0.3) is 0 Å². The number of carbonyl (C=O) groups is 4. The summed E-state index contributed by atoms with van der Waals surface area (Å²) in [5, 5.41) is 117. The predicted molar refractivity (Wildman–Crippen MR) is 633 cm³/mol. The number of aromatic amines is 2. The molecule has 0 spiro atoms. The first-order valence-electron chi connectivity index (χ1n) is 47.0. The Morgan fingerprint density at radius 3 is 1.05 bits per heavy atom. The summed E-state index contributed by atoms with van der Waals surface area (Å²) in [5.41, 5.74) is 20.5. The number of aromatic nitrogens is 11. The Morgan fingerprint density at radius 2 is 0.833 bits per heavy atom. The fourth-order valence-corrected chi connectivity index (χ4v) is 14.0. The maximum absolute atomic E-state index is 10.8. The monoisotopic (exact) mass is 2340 g/mol. The zero-order valence-corrected chi connectivity index (χ0v) is 98.5. The van der Waals surface area contributed by atoms with Crippen LogP contribution in [0.3, 0.4) is 0 Å². The Labute approximate surface area is 955 Å². The molecule has 0 saturated carbocycles. The number of nitrogens with two attached hydrogens (primary N) is 5. The number of ether oxygens (including phenoxy) is 1. The van der Waals surface area contributed by atoms with Crippen LogP contribution in [0.4, 0.5) is 9.50 Å². The second-order valence-electron chi connectivity index (χ2n) is 36.7. The number of carboxylic acids is 2. The molecule has 0 aliphatic heterocycles. The Hall–Kier alpha value is -6.19. The average Bonchev–Trinajstić information content (AvgIpc) is 1.75. The molecule has 0 aromatic carbocycles. The smallest absolute Gasteiger partial charge is 0.190 e. The summed E-state index contributed by atoms with van der Waals surface area (Å²) in [7, 11) is -2.27. The van der Waals surface area contributed by atoms with Crippen LogP contribution in [0.15, 0.2) is 51.6 Å². The number of aliphatic hydroxyl groups is 1. The van der Waals surface area contributed by atoms with Crippen LogP contribution in [0, 0.1) is 116 Å². The predicted octanol–water partition coefficient (Wildman–Crippen LogP) is 15.5. The first-order chi connectivity index (χ1) is 65.7. The van der Waals surface area contributed by atoms with Crippen LogP contribution in [-0.4, -0.2) is 266 Å². The van der Waals surface area contributed by atoms with Crippen molar-refractivity contribution < 1.29 is 94.7 Å². The summed E-state index contributed by atoms with van der Waals surface area (Å²) in [5.74, 6) is 11.2. The number of aliphatic hydroxyl groups excluding tert-OH is 1. The number of imidazole rings is 2. The van der Waals surface area contributed by atoms with Crippen molar-refractivity contribution in [2.45, 2.75) is 290 Å². The van der Waals surface area contributed by atoms with E-state index in [1.54, 1.807) is 107 Å². The number of oxime groups is 1. The van der Waals surface area contributed by atoms with Crippen molar-refractivity contribution in [2.75, 3.05) is 65.4 Å². The van der Waals surface area contributed by atoms with Gasteiger partial charge in [0.15, 0.2) is 5.11 Å². The van der Waals surface area contributed by atoms with Crippen molar-refractivity contribution in [3.05, 3.63) is 74.6 Å². The molecule has 875 valence electrons. The third-order valence-electron chi connectivity index (χ3n) is 18.0. The first kappa shape index (κ1) is 182. The number of rotatable bonds is 47. The molecule has 30 N–H and O–H groups in total. The molecule has 0 bridgehead atoms. The topological polar surface area (TPSA) is 719 Å². The molecule has 5 aromatic rings. The molecule has 0 saturated heterocycles. The summed E-state index contributed by atoms with van der Waals surface area (Å²) in [6.07, 6.45) is 22.0. The minimum absolute atomic E-state index is 0. The molecule has 5 aromatic heterocycles. The summed E-state index contributed by atoms with van der Waals surface area (Å²) in [6, 6.07) is 2.18. The molecule has 0 fully saturated rings. The molecule has 1 amide bonds. The quantitative estimate of drug-likeness (QED) is 0.00251. The first-order valence-corrected chi connectivity index (χ1v) is 49.8. The Bertz CT molecular complexity index is 4030. The van der Waals surface area contributed by atoms with Crippen LogP contribution in [-0.2, 0) is 36.7 Å². The Kier molecular flexibility index (Phi) is 142. The number of primary amides is 1. The van der Waals surface area contributed by atoms with Gasteiger partial charge < -0.3 is 120 Å². The van der Waals surface area contributed by atoms with Gasteiger partial charge in [0.2, 0.25) is 21.8 Å². The molecule has 61 heteroatoms. The van der Waals surface area contributed by atoms with Gasteiger partial charge in [0, 0.05) is 91.2 Å². The van der Waals surface area contributed by atoms with E-state index in [9.17, 15) is 24.2 Å². The summed E-state index contributed by atoms with van der Waals surface area (Å²) in [4.78, 5) is 70.8. The van der Waals surface area contributed by atoms with Crippen LogP contribution < -0.4 is 61.1 Å². The number of amides is 1. The van der Waals surface area contributed by atoms with Gasteiger partial charge in [-0.2, -0.15) is 30.2 Å². The number of carboxylic acid groups (broad SMARTS) is 2. The van der Waals surface area contributed by atoms with Gasteiger partial charge in [-0.05, 0) is 320 Å². The molecule has 0 aliphatic rings. The van der Waals surface area contributed by atoms with E-state index in [2.05, 4.69) is 216 Å². The molecule has 5 rings (SSSR count). The SMILES string of the molecule is C.C.C.CB(O)NCC(CC#N)CC(C)C.CB(O)NCC(CC(=O)O)CC(C)C.CB(O)NCC(CC(N)=NO)CC(C)C.CB(O)NCC(CC(N)=O)CC(C)C.CB(O)NCC(Cc1nc(=S)o[nH]1)CC(C)C.CC(C)(C)OC(=O)Cl.CC(C)CC(CN)CC(=O)O.CC(C)CC(CN)Cc1nc(=S)o[nH]1.CCN(CC)CC.Cl.Cl.Cl.Clc1nc(Cl)nc(Cl)n1.F.N.NO.O=BC#CO.S=C(n1ccnc1)n1ccnc1.[2HH].[B]. The van der Waals surface area contributed by atoms with Gasteiger partial charge in [0.25, 0.3) is 0 Å². The van der Waals surface area contributed by atoms with Crippen molar-refractivity contribution >= 4 is 205 Å². The second kappa shape index (κ2) is 117. The zero-order chi connectivity index (χ0) is 110. The van der Waals surface area contributed by atoms with Gasteiger partial charge in [0.05, 0.1) is 6.07 Å². The number of nitrogens with one attached hydrogen (secondary N) is 7. The molecule has 0 aliphatic carbocycles. The van der Waals surface area contributed by atoms with Gasteiger partial charge in [-0.25, -0.2) is 31.0 Å². The molecule has 150 heavy (non-hydrogen) atoms. The minimum atomic E-state index is -0.775. The number of nitrogens with zero attached hydrogens (tertiary/aromatic N) is 12. The van der Waals surface area contributed by atoms with Gasteiger partial charge in [-0.15, -0.1) is 37.2 Å². The zero-order valence-electron chi connectivity index (χ0n) is 90.6. The maximum Gasteiger partial charge on any atom is 0.190 e. The standard InChI is InChI=1S/C10H20BN3O2S.C9H22BN3O2.C9H21BN2O2.C9H19BN2O.C9H20BNO3.C9H17N3OS.C8H17NO2.C7H6N4S.C6H15N.C5H9ClO2.C3Cl3N3.C2HBO2.3CH4.B.3ClH.FH.H3NO.H3N.H2/c1-7(2)4-8(6-12-11(3)15)5-9-13-10(17)16-14-9;1-7(2)4-8(5-9(11)13-15)6-12-10(3)14;1-7(2)4-8(5-9(11)13)6-12-10(3)14;1-8(2)6-9(4-5-11)7-12-10(3)13;1-7(2)4-8(5-9(12)13)6-11-10(3)14;1-6(2)3-7(5-10)4-8-11-9(14)13-12-8;1-6(2)3-7(5-9)4-8(10)11;12-7(10-3-1-8-5-10)11-4-2-9-6-11;1-4-7(5-2)6-3;1-5(2,3)8-4(6)7;4-1-7-2(5)9-3(6)8-1;4-2-1-3-5;;;;;;;;;1-2;;/h7-8,12,15H,4-6H2,1-3H3,(H,13,14,17);7-8,12,14-15H,4-6H2,1-3H3,(H2,11,13);7-8,12,14H,4-6H2,1-3H3,(H2,11,13);8-9,12-13H,4,6-7H2,1-3H3;7-8,11,14H,4-6H2,1-3H3,(H,12,13);6-7H,3-5,10H2,1-2H3,(H,11,12,14);6-7H,3-5,9H2,1-2H3,(H,10,11);1-6H;4-6H2,1-3H3;1-3H3;;4H;3*1H4;;4*1H;2H,1H2;1H3;1H/i;;;;;;;;;;;;;;;;;;;;;;1+1. The number of H-pyrrole nitrogens is 2. The van der Waals surface area contributed by atoms with Gasteiger partial charge in [-0.3, -0.25) is 28.2 Å². The van der Waals surface area contributed by atoms with Gasteiger partial charge in [-0.1, -0.05) is 145 Å². The molecule has 7 atom stereocenters. The van der Waals surface area contributed by atoms with Gasteiger partial charge in [0.1, 0.15) is 35.7 Å². The number of aliphatic carboxylic acids is 2. The van der Waals surface area contributed by atoms with Crippen molar-refractivity contribution in [3.8, 4) is 18.0 Å². The molecular formula is C89H191B7Cl7FN25O18S3. The third-order valence-corrected chi connectivity index (χ3v) is 19.4. The van der Waals surface area contributed by atoms with Crippen LogP contribution in [0.5, 0.6) is 0 Å². The van der Waals surface area contributed by atoms with Crippen LogP contribution in [0.1, 0.15) is 251 Å². The molecular weight excluding hydrogens is 2150 g/mol. The van der Waals surface area contributed by atoms with E-state index >= 15 is 0 Å². The normalized spacial score (nSPS) is 11.2. The van der Waals surface area contributed by atoms with E-state index in [-0.39, 0.29) is 154 Å². The minimum Gasteiger partial charge on any atom is -0.282 e. The summed E-state index contributed by atoms with van der Waals surface area (Å²) >= 11 is 35.6. The number of thiocarbonyl (C=S) groups is 1. The van der Waals surface area contributed by atoms with Crippen molar-refractivity contribution in [1.29, 1.82) is 5.26 Å². The van der Waals surface area contributed by atoms with E-state index in [1.807, 2.05) is 0 Å². The molecule has 43 nitrogen and oxygen atoms in total. The number of hydrogen-bond acceptors (Lipinski definition) is 38. The van der Waals surface area contributed by atoms with E-state index < -0.39 is 58.2 Å². The van der Waals surface area contributed by atoms with E-state index in [1.165, 1.54) is 25.7 Å². The molecule has 7 unspecified atom stereocenters. The van der Waals surface area contributed by atoms with Gasteiger partial charge >= 0.3 is 91.2 Å². The summed E-state index contributed by atoms with van der Waals surface area (Å²) in [6.45, 7) is 58.1. The van der Waals surface area contributed by atoms with Crippen molar-refractivity contribution in [1.82, 2.24) is 91.5 Å². The maximum atomic E-state index is 10.8.